The van der Waals surface area contributed by atoms with E-state index in [2.05, 4.69) is 10.6 Å². The SMILES string of the molecule is CC(=O)NC(C)C(=O)Nc1ccccc1Oc1ccccc1. The highest BCUT2D eigenvalue weighted by atomic mass is 16.5. The molecule has 1 atom stereocenters. The van der Waals surface area contributed by atoms with Crippen LogP contribution >= 0.6 is 0 Å². The minimum atomic E-state index is -0.623. The predicted octanol–water partition coefficient (Wildman–Crippen LogP) is 2.94. The van der Waals surface area contributed by atoms with E-state index >= 15 is 0 Å². The Hall–Kier alpha value is -2.82. The molecule has 0 fully saturated rings. The van der Waals surface area contributed by atoms with Gasteiger partial charge in [0.25, 0.3) is 0 Å². The second-order valence-corrected chi connectivity index (χ2v) is 4.82. The molecule has 22 heavy (non-hydrogen) atoms. The minimum Gasteiger partial charge on any atom is -0.455 e. The number of hydrogen-bond acceptors (Lipinski definition) is 3. The van der Waals surface area contributed by atoms with Crippen molar-refractivity contribution < 1.29 is 14.3 Å². The molecule has 0 heterocycles. The first-order valence-electron chi connectivity index (χ1n) is 6.96. The van der Waals surface area contributed by atoms with Gasteiger partial charge in [-0.05, 0) is 31.2 Å². The smallest absolute Gasteiger partial charge is 0.246 e. The maximum atomic E-state index is 12.1. The quantitative estimate of drug-likeness (QED) is 0.892. The number of anilines is 1. The van der Waals surface area contributed by atoms with Crippen LogP contribution in [0.15, 0.2) is 54.6 Å². The summed E-state index contributed by atoms with van der Waals surface area (Å²) in [5.41, 5.74) is 0.550. The van der Waals surface area contributed by atoms with Crippen molar-refractivity contribution in [3.05, 3.63) is 54.6 Å². The minimum absolute atomic E-state index is 0.253. The average molecular weight is 298 g/mol. The standard InChI is InChI=1S/C17H18N2O3/c1-12(18-13(2)20)17(21)19-15-10-6-7-11-16(15)22-14-8-4-3-5-9-14/h3-12H,1-2H3,(H,18,20)(H,19,21). The third-order valence-corrected chi connectivity index (χ3v) is 2.93. The molecule has 2 aromatic rings. The summed E-state index contributed by atoms with van der Waals surface area (Å²) in [5.74, 6) is 0.659. The first-order chi connectivity index (χ1) is 10.6. The van der Waals surface area contributed by atoms with E-state index in [0.717, 1.165) is 0 Å². The molecule has 0 aliphatic carbocycles. The first-order valence-corrected chi connectivity index (χ1v) is 6.96. The molecule has 0 aliphatic heterocycles. The molecule has 0 aliphatic rings. The van der Waals surface area contributed by atoms with Gasteiger partial charge in [-0.1, -0.05) is 30.3 Å². The lowest BCUT2D eigenvalue weighted by atomic mass is 10.2. The molecule has 0 bridgehead atoms. The van der Waals surface area contributed by atoms with E-state index in [0.29, 0.717) is 17.2 Å². The zero-order valence-electron chi connectivity index (χ0n) is 12.5. The van der Waals surface area contributed by atoms with Crippen molar-refractivity contribution in [3.63, 3.8) is 0 Å². The van der Waals surface area contributed by atoms with Gasteiger partial charge in [0.1, 0.15) is 11.8 Å². The summed E-state index contributed by atoms with van der Waals surface area (Å²) >= 11 is 0. The Morgan fingerprint density at radius 1 is 1.00 bits per heavy atom. The topological polar surface area (TPSA) is 67.4 Å². The molecule has 5 nitrogen and oxygen atoms in total. The van der Waals surface area contributed by atoms with E-state index in [1.807, 2.05) is 36.4 Å². The molecule has 0 saturated heterocycles. The fourth-order valence-corrected chi connectivity index (χ4v) is 1.89. The Kier molecular flexibility index (Phi) is 5.14. The third kappa shape index (κ3) is 4.34. The number of benzene rings is 2. The highest BCUT2D eigenvalue weighted by Crippen LogP contribution is 2.29. The lowest BCUT2D eigenvalue weighted by Gasteiger charge is -2.15. The summed E-state index contributed by atoms with van der Waals surface area (Å²) in [6.45, 7) is 2.99. The van der Waals surface area contributed by atoms with E-state index in [-0.39, 0.29) is 11.8 Å². The maximum Gasteiger partial charge on any atom is 0.246 e. The molecule has 5 heteroatoms. The van der Waals surface area contributed by atoms with Gasteiger partial charge in [-0.25, -0.2) is 0 Å². The number of ether oxygens (including phenoxy) is 1. The van der Waals surface area contributed by atoms with E-state index in [1.165, 1.54) is 6.92 Å². The Morgan fingerprint density at radius 2 is 1.64 bits per heavy atom. The molecule has 0 spiro atoms. The Morgan fingerprint density at radius 3 is 2.32 bits per heavy atom. The van der Waals surface area contributed by atoms with Crippen molar-refractivity contribution in [2.24, 2.45) is 0 Å². The summed E-state index contributed by atoms with van der Waals surface area (Å²) < 4.78 is 5.77. The summed E-state index contributed by atoms with van der Waals surface area (Å²) in [7, 11) is 0. The zero-order chi connectivity index (χ0) is 15.9. The van der Waals surface area contributed by atoms with Crippen LogP contribution in [0, 0.1) is 0 Å². The lowest BCUT2D eigenvalue weighted by molar-refractivity contribution is -0.124. The summed E-state index contributed by atoms with van der Waals surface area (Å²) in [4.78, 5) is 23.1. The van der Waals surface area contributed by atoms with Crippen molar-refractivity contribution in [2.75, 3.05) is 5.32 Å². The van der Waals surface area contributed by atoms with Crippen LogP contribution in [-0.4, -0.2) is 17.9 Å². The van der Waals surface area contributed by atoms with Crippen LogP contribution in [0.25, 0.3) is 0 Å². The Labute approximate surface area is 129 Å². The van der Waals surface area contributed by atoms with Crippen LogP contribution < -0.4 is 15.4 Å². The lowest BCUT2D eigenvalue weighted by Crippen LogP contribution is -2.40. The van der Waals surface area contributed by atoms with E-state index in [9.17, 15) is 9.59 Å². The molecule has 0 saturated carbocycles. The normalized spacial score (nSPS) is 11.4. The number of rotatable bonds is 5. The maximum absolute atomic E-state index is 12.1. The van der Waals surface area contributed by atoms with E-state index in [4.69, 9.17) is 4.74 Å². The molecular weight excluding hydrogens is 280 g/mol. The molecule has 2 N–H and O–H groups in total. The zero-order valence-corrected chi connectivity index (χ0v) is 12.5. The molecule has 2 rings (SSSR count). The molecule has 0 aromatic heterocycles. The molecular formula is C17H18N2O3. The van der Waals surface area contributed by atoms with Crippen molar-refractivity contribution in [2.45, 2.75) is 19.9 Å². The summed E-state index contributed by atoms with van der Waals surface area (Å²) in [5, 5.41) is 5.30. The van der Waals surface area contributed by atoms with Crippen LogP contribution in [0.3, 0.4) is 0 Å². The van der Waals surface area contributed by atoms with Crippen LogP contribution in [0.1, 0.15) is 13.8 Å². The van der Waals surface area contributed by atoms with Gasteiger partial charge < -0.3 is 15.4 Å². The van der Waals surface area contributed by atoms with Crippen molar-refractivity contribution in [1.29, 1.82) is 0 Å². The first kappa shape index (κ1) is 15.6. The average Bonchev–Trinajstić information content (AvgIpc) is 2.49. The van der Waals surface area contributed by atoms with Crippen molar-refractivity contribution >= 4 is 17.5 Å². The summed E-state index contributed by atoms with van der Waals surface area (Å²) in [6, 6.07) is 15.8. The molecule has 1 unspecified atom stereocenters. The highest BCUT2D eigenvalue weighted by molar-refractivity contribution is 5.97. The number of amides is 2. The number of nitrogens with one attached hydrogen (secondary N) is 2. The van der Waals surface area contributed by atoms with Gasteiger partial charge >= 0.3 is 0 Å². The van der Waals surface area contributed by atoms with Gasteiger partial charge in [-0.15, -0.1) is 0 Å². The highest BCUT2D eigenvalue weighted by Gasteiger charge is 2.15. The van der Waals surface area contributed by atoms with Crippen molar-refractivity contribution in [1.82, 2.24) is 5.32 Å². The number of hydrogen-bond donors (Lipinski definition) is 2. The Bertz CT molecular complexity index is 656. The van der Waals surface area contributed by atoms with Crippen LogP contribution in [0.4, 0.5) is 5.69 Å². The monoisotopic (exact) mass is 298 g/mol. The second-order valence-electron chi connectivity index (χ2n) is 4.82. The molecule has 114 valence electrons. The van der Waals surface area contributed by atoms with Gasteiger partial charge in [-0.3, -0.25) is 9.59 Å². The predicted molar refractivity (Wildman–Crippen MR) is 84.9 cm³/mol. The summed E-state index contributed by atoms with van der Waals surface area (Å²) in [6.07, 6.45) is 0. The molecule has 2 amide bonds. The number of para-hydroxylation sites is 3. The van der Waals surface area contributed by atoms with E-state index in [1.54, 1.807) is 25.1 Å². The second kappa shape index (κ2) is 7.26. The van der Waals surface area contributed by atoms with Gasteiger partial charge in [-0.2, -0.15) is 0 Å². The van der Waals surface area contributed by atoms with Gasteiger partial charge in [0, 0.05) is 6.92 Å². The molecule has 0 radical (unpaired) electrons. The van der Waals surface area contributed by atoms with E-state index < -0.39 is 6.04 Å². The Balaban J connectivity index is 2.11. The third-order valence-electron chi connectivity index (χ3n) is 2.93. The van der Waals surface area contributed by atoms with Crippen LogP contribution in [0.5, 0.6) is 11.5 Å². The van der Waals surface area contributed by atoms with Gasteiger partial charge in [0.2, 0.25) is 11.8 Å². The van der Waals surface area contributed by atoms with Crippen molar-refractivity contribution in [3.8, 4) is 11.5 Å². The van der Waals surface area contributed by atoms with Crippen LogP contribution in [0.2, 0.25) is 0 Å². The number of carbonyl (C=O) groups excluding carboxylic acids is 2. The molecule has 2 aromatic carbocycles. The largest absolute Gasteiger partial charge is 0.455 e. The fraction of sp³-hybridized carbons (Fsp3) is 0.176. The fourth-order valence-electron chi connectivity index (χ4n) is 1.89. The number of carbonyl (C=O) groups is 2. The van der Waals surface area contributed by atoms with Crippen LogP contribution in [-0.2, 0) is 9.59 Å². The van der Waals surface area contributed by atoms with Gasteiger partial charge in [0.15, 0.2) is 5.75 Å². The van der Waals surface area contributed by atoms with Gasteiger partial charge in [0.05, 0.1) is 5.69 Å².